The molecule has 40 heavy (non-hydrogen) atoms. The first-order valence-corrected chi connectivity index (χ1v) is 14.4. The summed E-state index contributed by atoms with van der Waals surface area (Å²) in [6.07, 6.45) is 0.235. The number of nitrogens with zero attached hydrogens (tertiary/aromatic N) is 6. The molecule has 212 valence electrons. The van der Waals surface area contributed by atoms with Crippen LogP contribution >= 0.6 is 0 Å². The molecule has 4 aromatic rings. The third kappa shape index (κ3) is 5.97. The number of nitrogens with one attached hydrogen (secondary N) is 2. The third-order valence-electron chi connectivity index (χ3n) is 6.77. The maximum atomic E-state index is 13.5. The summed E-state index contributed by atoms with van der Waals surface area (Å²) < 4.78 is 67.2. The fraction of sp³-hybridized carbons (Fsp3) is 0.346. The Morgan fingerprint density at radius 2 is 1.90 bits per heavy atom. The number of pyridine rings is 1. The molecule has 4 heterocycles. The molecular formula is C26H29F3N8O2S. The second-order valence-electron chi connectivity index (χ2n) is 9.82. The minimum atomic E-state index is -4.64. The third-order valence-corrected chi connectivity index (χ3v) is 7.93. The van der Waals surface area contributed by atoms with Gasteiger partial charge in [-0.3, -0.25) is 4.31 Å². The van der Waals surface area contributed by atoms with Crippen LogP contribution < -0.4 is 19.8 Å². The predicted molar refractivity (Wildman–Crippen MR) is 149 cm³/mol. The Labute approximate surface area is 229 Å². The number of aromatic nitrogens is 4. The van der Waals surface area contributed by atoms with Gasteiger partial charge in [-0.15, -0.1) is 0 Å². The van der Waals surface area contributed by atoms with Crippen LogP contribution in [0.3, 0.4) is 0 Å². The van der Waals surface area contributed by atoms with Crippen LogP contribution in [0.2, 0.25) is 0 Å². The smallest absolute Gasteiger partial charge is 0.369 e. The molecule has 14 heteroatoms. The molecule has 0 spiro atoms. The van der Waals surface area contributed by atoms with E-state index in [1.165, 1.54) is 7.05 Å². The van der Waals surface area contributed by atoms with E-state index in [-0.39, 0.29) is 17.9 Å². The average Bonchev–Trinajstić information content (AvgIpc) is 3.29. The van der Waals surface area contributed by atoms with E-state index in [1.54, 1.807) is 23.0 Å². The number of hydrogen-bond donors (Lipinski definition) is 2. The summed E-state index contributed by atoms with van der Waals surface area (Å²) in [7, 11) is -2.51. The molecule has 1 aliphatic rings. The van der Waals surface area contributed by atoms with Crippen molar-refractivity contribution >= 4 is 44.2 Å². The lowest BCUT2D eigenvalue weighted by atomic mass is 10.1. The molecule has 1 atom stereocenters. The summed E-state index contributed by atoms with van der Waals surface area (Å²) in [6, 6.07) is 11.0. The lowest BCUT2D eigenvalue weighted by Crippen LogP contribution is -2.49. The van der Waals surface area contributed by atoms with E-state index in [4.69, 9.17) is 0 Å². The molecule has 1 aromatic carbocycles. The maximum Gasteiger partial charge on any atom is 0.417 e. The van der Waals surface area contributed by atoms with Gasteiger partial charge >= 0.3 is 6.18 Å². The van der Waals surface area contributed by atoms with Crippen LogP contribution in [0.4, 0.5) is 36.3 Å². The fourth-order valence-corrected chi connectivity index (χ4v) is 5.09. The lowest BCUT2D eigenvalue weighted by Gasteiger charge is -2.33. The number of anilines is 4. The molecule has 3 aromatic heterocycles. The van der Waals surface area contributed by atoms with E-state index in [0.29, 0.717) is 29.2 Å². The topological polar surface area (TPSA) is 108 Å². The minimum absolute atomic E-state index is 0.0752. The second kappa shape index (κ2) is 10.6. The highest BCUT2D eigenvalue weighted by molar-refractivity contribution is 7.92. The number of piperazine rings is 1. The Bertz CT molecular complexity index is 1620. The SMILES string of the molecule is C[C@@H]1CN(c2ccc(Nc3ncc4ccn(Cc5cc(C(F)(F)F)cnc5N(C)S(C)(=O)=O)c4n3)cc2)CCN1. The molecule has 1 aliphatic heterocycles. The van der Waals surface area contributed by atoms with Gasteiger partial charge in [-0.1, -0.05) is 0 Å². The minimum Gasteiger partial charge on any atom is -0.369 e. The van der Waals surface area contributed by atoms with Gasteiger partial charge in [-0.25, -0.2) is 18.4 Å². The first kappa shape index (κ1) is 27.6. The number of hydrogen-bond acceptors (Lipinski definition) is 8. The van der Waals surface area contributed by atoms with E-state index in [0.717, 1.165) is 47.6 Å². The van der Waals surface area contributed by atoms with Gasteiger partial charge in [0.15, 0.2) is 0 Å². The van der Waals surface area contributed by atoms with Crippen molar-refractivity contribution < 1.29 is 21.6 Å². The van der Waals surface area contributed by atoms with Crippen molar-refractivity contribution in [2.75, 3.05) is 47.5 Å². The van der Waals surface area contributed by atoms with Crippen LogP contribution in [0.1, 0.15) is 18.1 Å². The van der Waals surface area contributed by atoms with Crippen molar-refractivity contribution in [1.29, 1.82) is 0 Å². The molecule has 10 nitrogen and oxygen atoms in total. The van der Waals surface area contributed by atoms with Crippen LogP contribution in [0.5, 0.6) is 0 Å². The van der Waals surface area contributed by atoms with Gasteiger partial charge in [-0.2, -0.15) is 18.2 Å². The van der Waals surface area contributed by atoms with E-state index in [2.05, 4.69) is 37.4 Å². The van der Waals surface area contributed by atoms with E-state index in [9.17, 15) is 21.6 Å². The monoisotopic (exact) mass is 574 g/mol. The zero-order valence-electron chi connectivity index (χ0n) is 22.1. The van der Waals surface area contributed by atoms with E-state index < -0.39 is 21.8 Å². The summed E-state index contributed by atoms with van der Waals surface area (Å²) in [6.45, 7) is 4.84. The summed E-state index contributed by atoms with van der Waals surface area (Å²) in [5.41, 5.74) is 1.47. The molecule has 5 rings (SSSR count). The van der Waals surface area contributed by atoms with Crippen LogP contribution in [0.15, 0.2) is 55.0 Å². The number of fused-ring (bicyclic) bond motifs is 1. The highest BCUT2D eigenvalue weighted by Gasteiger charge is 2.32. The molecule has 2 N–H and O–H groups in total. The second-order valence-corrected chi connectivity index (χ2v) is 11.8. The predicted octanol–water partition coefficient (Wildman–Crippen LogP) is 3.83. The molecule has 0 saturated carbocycles. The van der Waals surface area contributed by atoms with Gasteiger partial charge in [0.1, 0.15) is 11.5 Å². The van der Waals surface area contributed by atoms with E-state index >= 15 is 0 Å². The van der Waals surface area contributed by atoms with Crippen LogP contribution in [0.25, 0.3) is 11.0 Å². The fourth-order valence-electron chi connectivity index (χ4n) is 4.61. The Kier molecular flexibility index (Phi) is 7.31. The van der Waals surface area contributed by atoms with Gasteiger partial charge in [-0.05, 0) is 43.3 Å². The summed E-state index contributed by atoms with van der Waals surface area (Å²) in [5, 5.41) is 7.28. The van der Waals surface area contributed by atoms with Crippen molar-refractivity contribution in [2.24, 2.45) is 0 Å². The van der Waals surface area contributed by atoms with Gasteiger partial charge < -0.3 is 20.1 Å². The Hall–Kier alpha value is -3.91. The number of alkyl halides is 3. The molecule has 0 radical (unpaired) electrons. The number of rotatable bonds is 7. The van der Waals surface area contributed by atoms with Crippen molar-refractivity contribution in [1.82, 2.24) is 24.8 Å². The molecule has 0 aliphatic carbocycles. The van der Waals surface area contributed by atoms with Crippen molar-refractivity contribution in [3.8, 4) is 0 Å². The van der Waals surface area contributed by atoms with Crippen LogP contribution in [-0.2, 0) is 22.7 Å². The van der Waals surface area contributed by atoms with Gasteiger partial charge in [0.25, 0.3) is 0 Å². The maximum absolute atomic E-state index is 13.5. The van der Waals surface area contributed by atoms with Crippen LogP contribution in [0, 0.1) is 0 Å². The van der Waals surface area contributed by atoms with Gasteiger partial charge in [0.2, 0.25) is 16.0 Å². The average molecular weight is 575 g/mol. The first-order valence-electron chi connectivity index (χ1n) is 12.6. The molecule has 0 unspecified atom stereocenters. The Morgan fingerprint density at radius 3 is 2.58 bits per heavy atom. The number of benzene rings is 1. The molecular weight excluding hydrogens is 545 g/mol. The standard InChI is InChI=1S/C26H29F3N8O2S/c1-17-15-36(11-9-30-17)22-6-4-21(5-7-22)33-25-32-13-18-8-10-37(24(18)34-25)16-19-12-20(26(27,28)29)14-31-23(19)35(2)40(3,38)39/h4-8,10,12-14,17,30H,9,11,15-16H2,1-3H3,(H,32,33,34)/t17-/m1/s1. The number of sulfonamides is 1. The number of halogens is 3. The normalized spacial score (nSPS) is 16.4. The Morgan fingerprint density at radius 1 is 1.15 bits per heavy atom. The highest BCUT2D eigenvalue weighted by atomic mass is 32.2. The van der Waals surface area contributed by atoms with Gasteiger partial charge in [0.05, 0.1) is 18.4 Å². The van der Waals surface area contributed by atoms with Gasteiger partial charge in [0, 0.05) is 73.6 Å². The van der Waals surface area contributed by atoms with Crippen molar-refractivity contribution in [3.63, 3.8) is 0 Å². The molecule has 0 amide bonds. The molecule has 1 fully saturated rings. The summed E-state index contributed by atoms with van der Waals surface area (Å²) >= 11 is 0. The quantitative estimate of drug-likeness (QED) is 0.343. The summed E-state index contributed by atoms with van der Waals surface area (Å²) in [4.78, 5) is 15.1. The first-order chi connectivity index (χ1) is 18.9. The van der Waals surface area contributed by atoms with Crippen molar-refractivity contribution in [3.05, 3.63) is 66.1 Å². The van der Waals surface area contributed by atoms with Crippen LogP contribution in [-0.4, -0.2) is 66.9 Å². The zero-order chi connectivity index (χ0) is 28.7. The molecule has 1 saturated heterocycles. The Balaban J connectivity index is 1.42. The highest BCUT2D eigenvalue weighted by Crippen LogP contribution is 2.32. The zero-order valence-corrected chi connectivity index (χ0v) is 23.0. The molecule has 0 bridgehead atoms. The lowest BCUT2D eigenvalue weighted by molar-refractivity contribution is -0.137. The van der Waals surface area contributed by atoms with E-state index in [1.807, 2.05) is 24.3 Å². The van der Waals surface area contributed by atoms with Crippen molar-refractivity contribution in [2.45, 2.75) is 25.7 Å². The largest absolute Gasteiger partial charge is 0.417 e. The summed E-state index contributed by atoms with van der Waals surface area (Å²) in [5.74, 6) is 0.218.